The number of amides is 1. The van der Waals surface area contributed by atoms with Crippen LogP contribution in [0.15, 0.2) is 41.2 Å². The van der Waals surface area contributed by atoms with E-state index in [-0.39, 0.29) is 11.5 Å². The molecule has 0 aliphatic carbocycles. The Bertz CT molecular complexity index is 642. The number of benzene rings is 1. The van der Waals surface area contributed by atoms with Gasteiger partial charge in [-0.05, 0) is 24.1 Å². The predicted octanol–water partition coefficient (Wildman–Crippen LogP) is 2.42. The zero-order valence-corrected chi connectivity index (χ0v) is 11.5. The average molecular weight is 271 g/mol. The van der Waals surface area contributed by atoms with Gasteiger partial charge >= 0.3 is 0 Å². The van der Waals surface area contributed by atoms with Crippen molar-refractivity contribution in [2.75, 3.05) is 5.32 Å². The monoisotopic (exact) mass is 271 g/mol. The molecule has 5 heteroatoms. The van der Waals surface area contributed by atoms with Crippen molar-refractivity contribution < 1.29 is 4.79 Å². The summed E-state index contributed by atoms with van der Waals surface area (Å²) in [6, 6.07) is 10.4. The Labute approximate surface area is 117 Å². The Morgan fingerprint density at radius 3 is 2.75 bits per heavy atom. The van der Waals surface area contributed by atoms with Crippen LogP contribution in [0.4, 0.5) is 5.69 Å². The zero-order chi connectivity index (χ0) is 14.5. The fourth-order valence-electron chi connectivity index (χ4n) is 1.84. The van der Waals surface area contributed by atoms with E-state index >= 15 is 0 Å². The molecule has 104 valence electrons. The van der Waals surface area contributed by atoms with E-state index in [0.29, 0.717) is 18.0 Å². The third-order valence-electron chi connectivity index (χ3n) is 2.71. The molecule has 0 radical (unpaired) electrons. The van der Waals surface area contributed by atoms with E-state index in [1.807, 2.05) is 38.1 Å². The third-order valence-corrected chi connectivity index (χ3v) is 2.71. The van der Waals surface area contributed by atoms with Gasteiger partial charge in [-0.25, -0.2) is 5.10 Å². The quantitative estimate of drug-likeness (QED) is 0.896. The molecule has 0 fully saturated rings. The predicted molar refractivity (Wildman–Crippen MR) is 78.4 cm³/mol. The minimum atomic E-state index is -0.241. The first-order chi connectivity index (χ1) is 9.54. The molecule has 0 saturated carbocycles. The average Bonchev–Trinajstić information content (AvgIpc) is 2.38. The van der Waals surface area contributed by atoms with Crippen LogP contribution in [0.5, 0.6) is 0 Å². The number of nitrogens with zero attached hydrogens (tertiary/aromatic N) is 1. The van der Waals surface area contributed by atoms with Gasteiger partial charge in [0.1, 0.15) is 0 Å². The summed E-state index contributed by atoms with van der Waals surface area (Å²) in [5.74, 6) is 0.311. The number of nitrogens with one attached hydrogen (secondary N) is 2. The third kappa shape index (κ3) is 3.78. The molecule has 1 amide bonds. The lowest BCUT2D eigenvalue weighted by atomic mass is 10.1. The maximum absolute atomic E-state index is 11.7. The topological polar surface area (TPSA) is 74.8 Å². The molecule has 0 spiro atoms. The van der Waals surface area contributed by atoms with Crippen LogP contribution in [0, 0.1) is 5.92 Å². The lowest BCUT2D eigenvalue weighted by Crippen LogP contribution is -2.13. The number of anilines is 1. The number of rotatable bonds is 4. The van der Waals surface area contributed by atoms with Crippen molar-refractivity contribution in [2.24, 2.45) is 5.92 Å². The van der Waals surface area contributed by atoms with E-state index in [1.165, 1.54) is 6.07 Å². The van der Waals surface area contributed by atoms with Crippen LogP contribution in [0.1, 0.15) is 20.3 Å². The highest BCUT2D eigenvalue weighted by atomic mass is 16.1. The molecule has 1 aromatic heterocycles. The molecule has 0 aliphatic rings. The fourth-order valence-corrected chi connectivity index (χ4v) is 1.84. The number of hydrogen-bond donors (Lipinski definition) is 2. The lowest BCUT2D eigenvalue weighted by molar-refractivity contribution is -0.116. The van der Waals surface area contributed by atoms with Gasteiger partial charge in [-0.15, -0.1) is 0 Å². The van der Waals surface area contributed by atoms with Gasteiger partial charge in [0.25, 0.3) is 5.56 Å². The van der Waals surface area contributed by atoms with E-state index in [4.69, 9.17) is 0 Å². The normalized spacial score (nSPS) is 10.6. The molecule has 0 unspecified atom stereocenters. The van der Waals surface area contributed by atoms with Gasteiger partial charge in [-0.3, -0.25) is 9.59 Å². The molecule has 0 saturated heterocycles. The van der Waals surface area contributed by atoms with Gasteiger partial charge in [-0.1, -0.05) is 26.0 Å². The van der Waals surface area contributed by atoms with Crippen LogP contribution in [-0.2, 0) is 4.79 Å². The van der Waals surface area contributed by atoms with Gasteiger partial charge in [0.2, 0.25) is 5.91 Å². The Balaban J connectivity index is 2.17. The van der Waals surface area contributed by atoms with E-state index in [0.717, 1.165) is 11.3 Å². The summed E-state index contributed by atoms with van der Waals surface area (Å²) in [5.41, 5.74) is 1.98. The molecule has 20 heavy (non-hydrogen) atoms. The fraction of sp³-hybridized carbons (Fsp3) is 0.267. The molecular formula is C15H17N3O2. The highest BCUT2D eigenvalue weighted by Crippen LogP contribution is 2.20. The molecule has 2 aromatic rings. The van der Waals surface area contributed by atoms with Crippen LogP contribution in [0.2, 0.25) is 0 Å². The lowest BCUT2D eigenvalue weighted by Gasteiger charge is -2.08. The summed E-state index contributed by atoms with van der Waals surface area (Å²) in [6.45, 7) is 4.00. The second kappa shape index (κ2) is 6.14. The highest BCUT2D eigenvalue weighted by molar-refractivity contribution is 5.91. The summed E-state index contributed by atoms with van der Waals surface area (Å²) in [6.07, 6.45) is 0.487. The molecule has 1 aromatic carbocycles. The molecular weight excluding hydrogens is 254 g/mol. The van der Waals surface area contributed by atoms with Crippen molar-refractivity contribution in [3.63, 3.8) is 0 Å². The van der Waals surface area contributed by atoms with Crippen LogP contribution in [0.25, 0.3) is 11.3 Å². The molecule has 0 aliphatic heterocycles. The largest absolute Gasteiger partial charge is 0.326 e. The Morgan fingerprint density at radius 1 is 1.30 bits per heavy atom. The minimum absolute atomic E-state index is 0.00780. The smallest absolute Gasteiger partial charge is 0.264 e. The Morgan fingerprint density at radius 2 is 2.10 bits per heavy atom. The van der Waals surface area contributed by atoms with E-state index in [9.17, 15) is 9.59 Å². The van der Waals surface area contributed by atoms with E-state index in [2.05, 4.69) is 15.5 Å². The van der Waals surface area contributed by atoms with Gasteiger partial charge in [0.05, 0.1) is 5.69 Å². The van der Waals surface area contributed by atoms with Crippen molar-refractivity contribution >= 4 is 11.6 Å². The zero-order valence-electron chi connectivity index (χ0n) is 11.5. The molecule has 0 bridgehead atoms. The van der Waals surface area contributed by atoms with Crippen molar-refractivity contribution in [1.29, 1.82) is 0 Å². The maximum Gasteiger partial charge on any atom is 0.264 e. The first-order valence-corrected chi connectivity index (χ1v) is 6.50. The number of H-pyrrole nitrogens is 1. The van der Waals surface area contributed by atoms with Crippen molar-refractivity contribution in [3.8, 4) is 11.3 Å². The number of carbonyl (C=O) groups is 1. The number of aromatic amines is 1. The first kappa shape index (κ1) is 14.0. The standard InChI is InChI=1S/C15H17N3O2/c1-10(2)8-15(20)16-12-5-3-4-11(9-12)13-6-7-14(19)18-17-13/h3-7,9-10H,8H2,1-2H3,(H,16,20)(H,18,19). The van der Waals surface area contributed by atoms with Crippen molar-refractivity contribution in [1.82, 2.24) is 10.2 Å². The first-order valence-electron chi connectivity index (χ1n) is 6.50. The number of carbonyl (C=O) groups excluding carboxylic acids is 1. The number of aromatic nitrogens is 2. The second-order valence-corrected chi connectivity index (χ2v) is 5.03. The minimum Gasteiger partial charge on any atom is -0.326 e. The highest BCUT2D eigenvalue weighted by Gasteiger charge is 2.06. The summed E-state index contributed by atoms with van der Waals surface area (Å²) in [7, 11) is 0. The molecule has 2 rings (SSSR count). The summed E-state index contributed by atoms with van der Waals surface area (Å²) in [5, 5.41) is 9.21. The molecule has 0 atom stereocenters. The van der Waals surface area contributed by atoms with E-state index in [1.54, 1.807) is 6.07 Å². The summed E-state index contributed by atoms with van der Waals surface area (Å²) < 4.78 is 0. The SMILES string of the molecule is CC(C)CC(=O)Nc1cccc(-c2ccc(=O)[nH]n2)c1. The van der Waals surface area contributed by atoms with Gasteiger partial charge in [0, 0.05) is 23.7 Å². The van der Waals surface area contributed by atoms with Gasteiger partial charge in [0.15, 0.2) is 0 Å². The van der Waals surface area contributed by atoms with Crippen molar-refractivity contribution in [2.45, 2.75) is 20.3 Å². The molecule has 2 N–H and O–H groups in total. The number of hydrogen-bond acceptors (Lipinski definition) is 3. The van der Waals surface area contributed by atoms with Gasteiger partial charge < -0.3 is 5.32 Å². The Hall–Kier alpha value is -2.43. The van der Waals surface area contributed by atoms with E-state index < -0.39 is 0 Å². The maximum atomic E-state index is 11.7. The molecule has 1 heterocycles. The summed E-state index contributed by atoms with van der Waals surface area (Å²) in [4.78, 5) is 22.7. The van der Waals surface area contributed by atoms with Gasteiger partial charge in [-0.2, -0.15) is 5.10 Å². The second-order valence-electron chi connectivity index (χ2n) is 5.03. The Kier molecular flexibility index (Phi) is 4.30. The van der Waals surface area contributed by atoms with Crippen LogP contribution in [0.3, 0.4) is 0 Å². The van der Waals surface area contributed by atoms with Crippen LogP contribution >= 0.6 is 0 Å². The van der Waals surface area contributed by atoms with Crippen LogP contribution in [-0.4, -0.2) is 16.1 Å². The summed E-state index contributed by atoms with van der Waals surface area (Å²) >= 11 is 0. The molecule has 5 nitrogen and oxygen atoms in total. The van der Waals surface area contributed by atoms with Crippen molar-refractivity contribution in [3.05, 3.63) is 46.8 Å². The van der Waals surface area contributed by atoms with Crippen LogP contribution < -0.4 is 10.9 Å².